The fourth-order valence-electron chi connectivity index (χ4n) is 1.07. The normalized spacial score (nSPS) is 9.87. The lowest BCUT2D eigenvalue weighted by Gasteiger charge is -2.09. The molecule has 0 aliphatic heterocycles. The van der Waals surface area contributed by atoms with Gasteiger partial charge >= 0.3 is 0 Å². The Balaban J connectivity index is 2.79. The maximum Gasteiger partial charge on any atom is 0.140 e. The number of rotatable bonds is 3. The number of nitrogens with two attached hydrogens (primary N) is 1. The summed E-state index contributed by atoms with van der Waals surface area (Å²) in [5.74, 6) is 0.833. The molecule has 1 heterocycles. The molecule has 0 aromatic carbocycles. The molecule has 0 aliphatic carbocycles. The molecule has 1 aromatic heterocycles. The van der Waals surface area contributed by atoms with Gasteiger partial charge in [-0.15, -0.1) is 0 Å². The van der Waals surface area contributed by atoms with Crippen LogP contribution < -0.4 is 11.1 Å². The van der Waals surface area contributed by atoms with Crippen molar-refractivity contribution in [3.8, 4) is 0 Å². The molecule has 15 heavy (non-hydrogen) atoms. The van der Waals surface area contributed by atoms with Crippen LogP contribution in [0.4, 0.5) is 11.5 Å². The molecule has 0 aliphatic rings. The second-order valence-electron chi connectivity index (χ2n) is 3.66. The van der Waals surface area contributed by atoms with Crippen molar-refractivity contribution >= 4 is 27.4 Å². The first-order chi connectivity index (χ1) is 7.02. The van der Waals surface area contributed by atoms with Crippen molar-refractivity contribution in [2.45, 2.75) is 20.8 Å². The van der Waals surface area contributed by atoms with E-state index in [1.54, 1.807) is 6.20 Å². The van der Waals surface area contributed by atoms with Crippen LogP contribution in [0.2, 0.25) is 0 Å². The number of hydrogen-bond donors (Lipinski definition) is 2. The van der Waals surface area contributed by atoms with Crippen molar-refractivity contribution in [3.05, 3.63) is 27.9 Å². The Morgan fingerprint density at radius 3 is 2.87 bits per heavy atom. The monoisotopic (exact) mass is 269 g/mol. The summed E-state index contributed by atoms with van der Waals surface area (Å²) < 4.78 is 0.935. The molecule has 3 N–H and O–H groups in total. The molecule has 82 valence electrons. The smallest absolute Gasteiger partial charge is 0.140 e. The number of anilines is 2. The van der Waals surface area contributed by atoms with Crippen LogP contribution in [0.5, 0.6) is 0 Å². The standard InChI is InChI=1S/C11H16BrN3/c1-7(2)4-5-14-11-10(12)8(3)9(13)6-15-11/h4,6H,5,13H2,1-3H3,(H,14,15). The van der Waals surface area contributed by atoms with E-state index in [1.165, 1.54) is 5.57 Å². The minimum Gasteiger partial charge on any atom is -0.397 e. The summed E-state index contributed by atoms with van der Waals surface area (Å²) in [6.45, 7) is 6.88. The average Bonchev–Trinajstić information content (AvgIpc) is 2.18. The molecule has 0 fully saturated rings. The minimum atomic E-state index is 0.703. The maximum absolute atomic E-state index is 5.73. The van der Waals surface area contributed by atoms with Gasteiger partial charge in [0.15, 0.2) is 0 Å². The highest BCUT2D eigenvalue weighted by molar-refractivity contribution is 9.10. The maximum atomic E-state index is 5.73. The SMILES string of the molecule is CC(C)=CCNc1ncc(N)c(C)c1Br. The highest BCUT2D eigenvalue weighted by atomic mass is 79.9. The number of hydrogen-bond acceptors (Lipinski definition) is 3. The zero-order chi connectivity index (χ0) is 11.4. The Labute approximate surface area is 98.9 Å². The molecule has 4 heteroatoms. The Kier molecular flexibility index (Phi) is 4.15. The Hall–Kier alpha value is -1.03. The summed E-state index contributed by atoms with van der Waals surface area (Å²) in [5, 5.41) is 3.22. The highest BCUT2D eigenvalue weighted by Crippen LogP contribution is 2.27. The van der Waals surface area contributed by atoms with Gasteiger partial charge in [0.25, 0.3) is 0 Å². The molecule has 0 saturated carbocycles. The van der Waals surface area contributed by atoms with Crippen LogP contribution in [0, 0.1) is 6.92 Å². The number of allylic oxidation sites excluding steroid dienone is 1. The molecular weight excluding hydrogens is 254 g/mol. The Morgan fingerprint density at radius 1 is 1.60 bits per heavy atom. The van der Waals surface area contributed by atoms with Crippen molar-refractivity contribution in [2.24, 2.45) is 0 Å². The number of nitrogen functional groups attached to an aromatic ring is 1. The highest BCUT2D eigenvalue weighted by Gasteiger charge is 2.05. The van der Waals surface area contributed by atoms with Gasteiger partial charge < -0.3 is 11.1 Å². The quantitative estimate of drug-likeness (QED) is 0.830. The third-order valence-corrected chi connectivity index (χ3v) is 3.05. The van der Waals surface area contributed by atoms with Crippen molar-refractivity contribution < 1.29 is 0 Å². The van der Waals surface area contributed by atoms with Gasteiger partial charge in [-0.3, -0.25) is 0 Å². The van der Waals surface area contributed by atoms with E-state index in [0.29, 0.717) is 5.69 Å². The fourth-order valence-corrected chi connectivity index (χ4v) is 1.54. The van der Waals surface area contributed by atoms with Gasteiger partial charge in [-0.25, -0.2) is 4.98 Å². The van der Waals surface area contributed by atoms with E-state index in [2.05, 4.69) is 46.2 Å². The van der Waals surface area contributed by atoms with E-state index in [9.17, 15) is 0 Å². The summed E-state index contributed by atoms with van der Waals surface area (Å²) in [6, 6.07) is 0. The number of nitrogens with one attached hydrogen (secondary N) is 1. The van der Waals surface area contributed by atoms with Crippen LogP contribution in [0.15, 0.2) is 22.3 Å². The van der Waals surface area contributed by atoms with E-state index >= 15 is 0 Å². The van der Waals surface area contributed by atoms with Gasteiger partial charge in [-0.1, -0.05) is 11.6 Å². The molecule has 0 spiro atoms. The number of nitrogens with zero attached hydrogens (tertiary/aromatic N) is 1. The summed E-state index contributed by atoms with van der Waals surface area (Å²) in [7, 11) is 0. The first kappa shape index (κ1) is 12.0. The van der Waals surface area contributed by atoms with Crippen molar-refractivity contribution in [1.29, 1.82) is 0 Å². The van der Waals surface area contributed by atoms with Gasteiger partial charge in [0.05, 0.1) is 16.4 Å². The van der Waals surface area contributed by atoms with E-state index in [1.807, 2.05) is 6.92 Å². The Bertz CT molecular complexity index is 382. The lowest BCUT2D eigenvalue weighted by atomic mass is 10.2. The van der Waals surface area contributed by atoms with Crippen LogP contribution in [-0.2, 0) is 0 Å². The lowest BCUT2D eigenvalue weighted by Crippen LogP contribution is -2.04. The zero-order valence-corrected chi connectivity index (χ0v) is 10.9. The first-order valence-corrected chi connectivity index (χ1v) is 5.59. The summed E-state index contributed by atoms with van der Waals surface area (Å²) in [5.41, 5.74) is 8.74. The van der Waals surface area contributed by atoms with Crippen LogP contribution in [0.1, 0.15) is 19.4 Å². The van der Waals surface area contributed by atoms with E-state index in [0.717, 1.165) is 22.4 Å². The van der Waals surface area contributed by atoms with Gasteiger partial charge in [0.1, 0.15) is 5.82 Å². The van der Waals surface area contributed by atoms with Crippen molar-refractivity contribution in [1.82, 2.24) is 4.98 Å². The number of pyridine rings is 1. The minimum absolute atomic E-state index is 0.703. The lowest BCUT2D eigenvalue weighted by molar-refractivity contribution is 1.18. The van der Waals surface area contributed by atoms with Crippen LogP contribution in [0.25, 0.3) is 0 Å². The van der Waals surface area contributed by atoms with Crippen LogP contribution >= 0.6 is 15.9 Å². The van der Waals surface area contributed by atoms with Crippen LogP contribution in [-0.4, -0.2) is 11.5 Å². The zero-order valence-electron chi connectivity index (χ0n) is 9.26. The molecule has 0 radical (unpaired) electrons. The molecule has 3 nitrogen and oxygen atoms in total. The van der Waals surface area contributed by atoms with Gasteiger partial charge in [0, 0.05) is 6.54 Å². The molecular formula is C11H16BrN3. The molecule has 0 amide bonds. The molecule has 0 atom stereocenters. The molecule has 1 rings (SSSR count). The second kappa shape index (κ2) is 5.16. The third kappa shape index (κ3) is 3.23. The fraction of sp³-hybridized carbons (Fsp3) is 0.364. The predicted molar refractivity (Wildman–Crippen MR) is 69.0 cm³/mol. The molecule has 0 saturated heterocycles. The van der Waals surface area contributed by atoms with Gasteiger partial charge in [-0.05, 0) is 42.3 Å². The molecule has 0 bridgehead atoms. The summed E-state index contributed by atoms with van der Waals surface area (Å²) >= 11 is 3.47. The van der Waals surface area contributed by atoms with E-state index in [-0.39, 0.29) is 0 Å². The molecule has 1 aromatic rings. The predicted octanol–water partition coefficient (Wildman–Crippen LogP) is 3.11. The first-order valence-electron chi connectivity index (χ1n) is 4.80. The average molecular weight is 270 g/mol. The summed E-state index contributed by atoms with van der Waals surface area (Å²) in [6.07, 6.45) is 3.78. The number of halogens is 1. The van der Waals surface area contributed by atoms with Crippen LogP contribution in [0.3, 0.4) is 0 Å². The second-order valence-corrected chi connectivity index (χ2v) is 4.46. The third-order valence-electron chi connectivity index (χ3n) is 2.08. The molecule has 0 unspecified atom stereocenters. The topological polar surface area (TPSA) is 50.9 Å². The largest absolute Gasteiger partial charge is 0.397 e. The summed E-state index contributed by atoms with van der Waals surface area (Å²) in [4.78, 5) is 4.22. The number of aromatic nitrogens is 1. The van der Waals surface area contributed by atoms with Gasteiger partial charge in [-0.2, -0.15) is 0 Å². The van der Waals surface area contributed by atoms with Gasteiger partial charge in [0.2, 0.25) is 0 Å². The van der Waals surface area contributed by atoms with Crippen molar-refractivity contribution in [2.75, 3.05) is 17.6 Å². The van der Waals surface area contributed by atoms with Crippen molar-refractivity contribution in [3.63, 3.8) is 0 Å². The Morgan fingerprint density at radius 2 is 2.27 bits per heavy atom. The van der Waals surface area contributed by atoms with E-state index in [4.69, 9.17) is 5.73 Å². The van der Waals surface area contributed by atoms with E-state index < -0.39 is 0 Å².